The molecule has 174 valence electrons. The van der Waals surface area contributed by atoms with Crippen LogP contribution in [0.4, 0.5) is 5.69 Å². The van der Waals surface area contributed by atoms with Gasteiger partial charge in [-0.1, -0.05) is 30.3 Å². The normalized spacial score (nSPS) is 17.2. The van der Waals surface area contributed by atoms with Gasteiger partial charge in [0.05, 0.1) is 41.3 Å². The third-order valence-electron chi connectivity index (χ3n) is 5.64. The smallest absolute Gasteiger partial charge is 0.251 e. The van der Waals surface area contributed by atoms with E-state index in [0.29, 0.717) is 34.5 Å². The van der Waals surface area contributed by atoms with E-state index in [4.69, 9.17) is 9.72 Å². The van der Waals surface area contributed by atoms with Gasteiger partial charge in [0.25, 0.3) is 5.91 Å². The molecule has 1 aliphatic rings. The monoisotopic (exact) mass is 470 g/mol. The van der Waals surface area contributed by atoms with Crippen LogP contribution in [0.3, 0.4) is 0 Å². The molecular formula is C23H26N4O5S. The van der Waals surface area contributed by atoms with Gasteiger partial charge >= 0.3 is 0 Å². The molecule has 1 atom stereocenters. The molecule has 0 saturated carbocycles. The quantitative estimate of drug-likeness (QED) is 0.546. The van der Waals surface area contributed by atoms with Crippen molar-refractivity contribution in [3.05, 3.63) is 48.0 Å². The number of ether oxygens (including phenoxy) is 1. The molecule has 2 amide bonds. The Kier molecular flexibility index (Phi) is 6.48. The van der Waals surface area contributed by atoms with Gasteiger partial charge in [-0.05, 0) is 18.6 Å². The average molecular weight is 471 g/mol. The number of carbonyl (C=O) groups is 2. The molecule has 0 bridgehead atoms. The maximum Gasteiger partial charge on any atom is 0.251 e. The third kappa shape index (κ3) is 5.07. The minimum Gasteiger partial charge on any atom is -0.384 e. The number of benzene rings is 2. The van der Waals surface area contributed by atoms with Crippen LogP contribution in [0.2, 0.25) is 0 Å². The Labute approximate surface area is 192 Å². The first-order valence-corrected chi connectivity index (χ1v) is 12.5. The van der Waals surface area contributed by atoms with Crippen molar-refractivity contribution in [2.75, 3.05) is 30.5 Å². The van der Waals surface area contributed by atoms with Crippen LogP contribution in [0, 0.1) is 0 Å². The summed E-state index contributed by atoms with van der Waals surface area (Å²) in [6.45, 7) is 0.270. The Balaban J connectivity index is 1.73. The van der Waals surface area contributed by atoms with Crippen LogP contribution in [0.5, 0.6) is 0 Å². The highest BCUT2D eigenvalue weighted by molar-refractivity contribution is 7.91. The molecule has 2 heterocycles. The first kappa shape index (κ1) is 22.9. The maximum atomic E-state index is 13.0. The van der Waals surface area contributed by atoms with E-state index in [-0.39, 0.29) is 30.4 Å². The lowest BCUT2D eigenvalue weighted by molar-refractivity contribution is -0.117. The van der Waals surface area contributed by atoms with E-state index in [2.05, 4.69) is 10.6 Å². The lowest BCUT2D eigenvalue weighted by Gasteiger charge is -2.13. The number of nitrogens with one attached hydrogen (secondary N) is 2. The molecule has 0 unspecified atom stereocenters. The molecule has 10 heteroatoms. The second kappa shape index (κ2) is 9.32. The fourth-order valence-corrected chi connectivity index (χ4v) is 5.68. The fourth-order valence-electron chi connectivity index (χ4n) is 4.01. The van der Waals surface area contributed by atoms with Crippen LogP contribution in [0.1, 0.15) is 23.2 Å². The van der Waals surface area contributed by atoms with Crippen molar-refractivity contribution in [3.63, 3.8) is 0 Å². The summed E-state index contributed by atoms with van der Waals surface area (Å²) >= 11 is 0. The molecule has 4 rings (SSSR count). The van der Waals surface area contributed by atoms with Gasteiger partial charge in [0.2, 0.25) is 5.91 Å². The summed E-state index contributed by atoms with van der Waals surface area (Å²) in [5, 5.41) is 5.67. The fraction of sp³-hybridized carbons (Fsp3) is 0.348. The van der Waals surface area contributed by atoms with E-state index in [9.17, 15) is 18.0 Å². The van der Waals surface area contributed by atoms with Gasteiger partial charge in [0.1, 0.15) is 5.82 Å². The van der Waals surface area contributed by atoms with Gasteiger partial charge in [-0.2, -0.15) is 0 Å². The second-order valence-electron chi connectivity index (χ2n) is 8.12. The molecule has 2 aromatic carbocycles. The van der Waals surface area contributed by atoms with Crippen LogP contribution in [-0.4, -0.2) is 61.0 Å². The van der Waals surface area contributed by atoms with Crippen molar-refractivity contribution < 1.29 is 22.7 Å². The van der Waals surface area contributed by atoms with Crippen LogP contribution < -0.4 is 10.6 Å². The van der Waals surface area contributed by atoms with Crippen molar-refractivity contribution in [1.82, 2.24) is 14.9 Å². The zero-order valence-electron chi connectivity index (χ0n) is 18.5. The molecule has 0 radical (unpaired) electrons. The summed E-state index contributed by atoms with van der Waals surface area (Å²) in [5.74, 6) is 0.0396. The van der Waals surface area contributed by atoms with Crippen molar-refractivity contribution in [2.24, 2.45) is 7.05 Å². The molecule has 0 spiro atoms. The van der Waals surface area contributed by atoms with Gasteiger partial charge in [-0.3, -0.25) is 9.59 Å². The van der Waals surface area contributed by atoms with Crippen LogP contribution in [-0.2, 0) is 26.4 Å². The van der Waals surface area contributed by atoms with Gasteiger partial charge in [-0.25, -0.2) is 13.4 Å². The summed E-state index contributed by atoms with van der Waals surface area (Å²) < 4.78 is 30.4. The minimum atomic E-state index is -3.12. The zero-order chi connectivity index (χ0) is 23.6. The highest BCUT2D eigenvalue weighted by Crippen LogP contribution is 2.30. The Morgan fingerprint density at radius 2 is 1.97 bits per heavy atom. The van der Waals surface area contributed by atoms with Crippen LogP contribution >= 0.6 is 0 Å². The predicted molar refractivity (Wildman–Crippen MR) is 126 cm³/mol. The number of anilines is 1. The standard InChI is InChI=1S/C23H26N4O5S/c1-27-21-18(25-20(28)8-10-32-2)12-16(23(29)24-17-9-11-33(30,31)14-17)13-19(21)26-22(27)15-6-4-3-5-7-15/h3-7,12-13,17H,8-11,14H2,1-2H3,(H,24,29)(H,25,28)/t17-/m0/s1. The lowest BCUT2D eigenvalue weighted by Crippen LogP contribution is -2.35. The Morgan fingerprint density at radius 3 is 2.64 bits per heavy atom. The van der Waals surface area contributed by atoms with Gasteiger partial charge < -0.3 is 19.9 Å². The van der Waals surface area contributed by atoms with Crippen molar-refractivity contribution in [3.8, 4) is 11.4 Å². The number of rotatable bonds is 7. The first-order chi connectivity index (χ1) is 15.8. The summed E-state index contributed by atoms with van der Waals surface area (Å²) in [5.41, 5.74) is 2.88. The number of methoxy groups -OCH3 is 1. The topological polar surface area (TPSA) is 119 Å². The molecule has 1 saturated heterocycles. The molecular weight excluding hydrogens is 444 g/mol. The molecule has 1 aromatic heterocycles. The molecule has 1 fully saturated rings. The number of aryl methyl sites for hydroxylation is 1. The highest BCUT2D eigenvalue weighted by Gasteiger charge is 2.29. The summed E-state index contributed by atoms with van der Waals surface area (Å²) in [6, 6.07) is 12.4. The number of imidazole rings is 1. The Bertz CT molecular complexity index is 1300. The molecule has 33 heavy (non-hydrogen) atoms. The van der Waals surface area contributed by atoms with E-state index < -0.39 is 21.8 Å². The van der Waals surface area contributed by atoms with E-state index in [1.807, 2.05) is 41.9 Å². The first-order valence-electron chi connectivity index (χ1n) is 10.6. The molecule has 2 N–H and O–H groups in total. The number of nitrogens with zero attached hydrogens (tertiary/aromatic N) is 2. The van der Waals surface area contributed by atoms with E-state index in [0.717, 1.165) is 5.56 Å². The molecule has 9 nitrogen and oxygen atoms in total. The highest BCUT2D eigenvalue weighted by atomic mass is 32.2. The SMILES string of the molecule is COCCC(=O)Nc1cc(C(=O)N[C@H]2CCS(=O)(=O)C2)cc2nc(-c3ccccc3)n(C)c12. The number of amides is 2. The van der Waals surface area contributed by atoms with Crippen molar-refractivity contribution in [1.29, 1.82) is 0 Å². The van der Waals surface area contributed by atoms with Gasteiger partial charge in [0.15, 0.2) is 9.84 Å². The number of fused-ring (bicyclic) bond motifs is 1. The molecule has 0 aliphatic carbocycles. The zero-order valence-corrected chi connectivity index (χ0v) is 19.3. The third-order valence-corrected chi connectivity index (χ3v) is 7.41. The summed E-state index contributed by atoms with van der Waals surface area (Å²) in [4.78, 5) is 30.1. The van der Waals surface area contributed by atoms with E-state index in [1.54, 1.807) is 12.1 Å². The largest absolute Gasteiger partial charge is 0.384 e. The van der Waals surface area contributed by atoms with Crippen LogP contribution in [0.15, 0.2) is 42.5 Å². The van der Waals surface area contributed by atoms with Crippen molar-refractivity contribution in [2.45, 2.75) is 18.9 Å². The number of carbonyl (C=O) groups excluding carboxylic acids is 2. The Morgan fingerprint density at radius 1 is 1.21 bits per heavy atom. The molecule has 3 aromatic rings. The van der Waals surface area contributed by atoms with Crippen LogP contribution in [0.25, 0.3) is 22.4 Å². The van der Waals surface area contributed by atoms with Gasteiger partial charge in [0, 0.05) is 31.3 Å². The number of hydrogen-bond donors (Lipinski definition) is 2. The maximum absolute atomic E-state index is 13.0. The van der Waals surface area contributed by atoms with Gasteiger partial charge in [-0.15, -0.1) is 0 Å². The number of sulfone groups is 1. The average Bonchev–Trinajstić information content (AvgIpc) is 3.31. The number of aromatic nitrogens is 2. The second-order valence-corrected chi connectivity index (χ2v) is 10.3. The van der Waals surface area contributed by atoms with Crippen molar-refractivity contribution >= 4 is 38.4 Å². The Hall–Kier alpha value is -3.24. The van der Waals surface area contributed by atoms with E-state index >= 15 is 0 Å². The number of hydrogen-bond acceptors (Lipinski definition) is 6. The summed E-state index contributed by atoms with van der Waals surface area (Å²) in [7, 11) is 0.250. The summed E-state index contributed by atoms with van der Waals surface area (Å²) in [6.07, 6.45) is 0.552. The predicted octanol–water partition coefficient (Wildman–Crippen LogP) is 2.13. The molecule has 1 aliphatic heterocycles. The minimum absolute atomic E-state index is 0.0661. The van der Waals surface area contributed by atoms with E-state index in [1.165, 1.54) is 7.11 Å². The lowest BCUT2D eigenvalue weighted by atomic mass is 10.1.